The van der Waals surface area contributed by atoms with Gasteiger partial charge in [0.05, 0.1) is 12.2 Å². The van der Waals surface area contributed by atoms with Gasteiger partial charge in [-0.15, -0.1) is 0 Å². The summed E-state index contributed by atoms with van der Waals surface area (Å²) >= 11 is 6.28. The first-order chi connectivity index (χ1) is 15.8. The van der Waals surface area contributed by atoms with E-state index in [9.17, 15) is 19.2 Å². The fourth-order valence-electron chi connectivity index (χ4n) is 5.71. The second-order valence-electron chi connectivity index (χ2n) is 9.01. The highest BCUT2D eigenvalue weighted by molar-refractivity contribution is 6.32. The largest absolute Gasteiger partial charge is 0.370 e. The van der Waals surface area contributed by atoms with E-state index in [1.54, 1.807) is 24.4 Å². The Kier molecular flexibility index (Phi) is 5.02. The summed E-state index contributed by atoms with van der Waals surface area (Å²) in [7, 11) is 0. The van der Waals surface area contributed by atoms with Crippen LogP contribution in [0.3, 0.4) is 0 Å². The van der Waals surface area contributed by atoms with E-state index in [1.807, 2.05) is 30.3 Å². The van der Waals surface area contributed by atoms with Crippen molar-refractivity contribution < 1.29 is 24.5 Å². The Morgan fingerprint density at radius 2 is 1.88 bits per heavy atom. The molecule has 0 aliphatic carbocycles. The molecular weight excluding hydrogens is 444 g/mol. The number of amides is 4. The molecule has 0 saturated carbocycles. The second-order valence-corrected chi connectivity index (χ2v) is 9.41. The highest BCUT2D eigenvalue weighted by Gasteiger charge is 2.74. The van der Waals surface area contributed by atoms with E-state index in [4.69, 9.17) is 17.3 Å². The fraction of sp³-hybridized carbons (Fsp3) is 0.333. The van der Waals surface area contributed by atoms with Crippen LogP contribution in [0.15, 0.2) is 42.5 Å². The van der Waals surface area contributed by atoms with E-state index in [1.165, 1.54) is 4.90 Å². The van der Waals surface area contributed by atoms with Crippen LogP contribution in [0.25, 0.3) is 0 Å². The summed E-state index contributed by atoms with van der Waals surface area (Å²) in [6.45, 7) is 1.94. The average Bonchev–Trinajstić information content (AvgIpc) is 3.37. The highest BCUT2D eigenvalue weighted by Crippen LogP contribution is 2.51. The minimum absolute atomic E-state index is 0.0642. The lowest BCUT2D eigenvalue weighted by atomic mass is 9.76. The molecule has 9 heteroatoms. The van der Waals surface area contributed by atoms with Gasteiger partial charge in [0.15, 0.2) is 0 Å². The third-order valence-electron chi connectivity index (χ3n) is 7.24. The van der Waals surface area contributed by atoms with Crippen molar-refractivity contribution in [2.45, 2.75) is 37.9 Å². The van der Waals surface area contributed by atoms with Crippen molar-refractivity contribution in [3.05, 3.63) is 64.2 Å². The van der Waals surface area contributed by atoms with Crippen molar-refractivity contribution in [2.75, 3.05) is 5.32 Å². The lowest BCUT2D eigenvalue weighted by molar-refractivity contribution is -0.734. The number of nitrogens with zero attached hydrogens (tertiary/aromatic N) is 1. The maximum atomic E-state index is 13.7. The molecule has 3 heterocycles. The first-order valence-corrected chi connectivity index (χ1v) is 11.3. The minimum Gasteiger partial charge on any atom is -0.370 e. The molecular formula is C24H24ClN4O4+. The molecule has 33 heavy (non-hydrogen) atoms. The first-order valence-electron chi connectivity index (χ1n) is 10.9. The number of carbonyl (C=O) groups excluding carboxylic acids is 4. The molecule has 3 aliphatic rings. The maximum Gasteiger partial charge on any atom is 0.291 e. The molecule has 2 aromatic rings. The number of rotatable bonds is 5. The molecule has 170 valence electrons. The summed E-state index contributed by atoms with van der Waals surface area (Å²) in [6.07, 6.45) is 0.361. The lowest BCUT2D eigenvalue weighted by Gasteiger charge is -2.26. The molecule has 0 radical (unpaired) electrons. The second kappa shape index (κ2) is 7.67. The Morgan fingerprint density at radius 3 is 2.58 bits per heavy atom. The van der Waals surface area contributed by atoms with Crippen LogP contribution in [-0.2, 0) is 31.3 Å². The van der Waals surface area contributed by atoms with Crippen LogP contribution in [0, 0.1) is 18.8 Å². The van der Waals surface area contributed by atoms with Crippen LogP contribution in [0.4, 0.5) is 5.69 Å². The molecule has 0 unspecified atom stereocenters. The summed E-state index contributed by atoms with van der Waals surface area (Å²) in [5, 5.41) is 5.22. The third kappa shape index (κ3) is 3.08. The quantitative estimate of drug-likeness (QED) is 0.562. The number of primary amides is 1. The van der Waals surface area contributed by atoms with Crippen molar-refractivity contribution in [1.29, 1.82) is 0 Å². The average molecular weight is 468 g/mol. The zero-order chi connectivity index (χ0) is 23.5. The monoisotopic (exact) mass is 467 g/mol. The number of carbonyl (C=O) groups is 4. The van der Waals surface area contributed by atoms with Crippen molar-refractivity contribution in [1.82, 2.24) is 4.90 Å². The lowest BCUT2D eigenvalue weighted by Crippen LogP contribution is -2.99. The van der Waals surface area contributed by atoms with E-state index in [2.05, 4.69) is 5.32 Å². The van der Waals surface area contributed by atoms with E-state index in [0.29, 0.717) is 28.3 Å². The fourth-order valence-corrected chi connectivity index (χ4v) is 5.86. The summed E-state index contributed by atoms with van der Waals surface area (Å²) in [5.74, 6) is -3.13. The molecule has 4 atom stereocenters. The number of hydrogen-bond acceptors (Lipinski definition) is 4. The van der Waals surface area contributed by atoms with E-state index >= 15 is 0 Å². The topological polar surface area (TPSA) is 126 Å². The van der Waals surface area contributed by atoms with E-state index in [-0.39, 0.29) is 30.7 Å². The molecule has 4 amide bonds. The predicted octanol–water partition coefficient (Wildman–Crippen LogP) is 0.808. The van der Waals surface area contributed by atoms with Crippen LogP contribution in [0.5, 0.6) is 0 Å². The smallest absolute Gasteiger partial charge is 0.291 e. The van der Waals surface area contributed by atoms with Crippen LogP contribution < -0.4 is 16.4 Å². The number of quaternary nitrogens is 1. The van der Waals surface area contributed by atoms with Gasteiger partial charge >= 0.3 is 0 Å². The molecule has 2 aromatic carbocycles. The summed E-state index contributed by atoms with van der Waals surface area (Å²) in [4.78, 5) is 53.6. The number of imide groups is 1. The Hall–Kier alpha value is -3.23. The normalized spacial score (nSPS) is 27.8. The van der Waals surface area contributed by atoms with Crippen molar-refractivity contribution in [3.63, 3.8) is 0 Å². The molecule has 1 spiro atoms. The van der Waals surface area contributed by atoms with Gasteiger partial charge in [0.25, 0.3) is 5.91 Å². The molecule has 0 aromatic heterocycles. The highest BCUT2D eigenvalue weighted by atomic mass is 35.5. The van der Waals surface area contributed by atoms with Crippen LogP contribution in [0.2, 0.25) is 5.02 Å². The number of benzene rings is 2. The van der Waals surface area contributed by atoms with Gasteiger partial charge in [-0.1, -0.05) is 41.9 Å². The molecule has 5 N–H and O–H groups in total. The van der Waals surface area contributed by atoms with Crippen molar-refractivity contribution in [2.24, 2.45) is 17.6 Å². The Balaban J connectivity index is 1.61. The van der Waals surface area contributed by atoms with Crippen molar-refractivity contribution >= 4 is 40.9 Å². The zero-order valence-electron chi connectivity index (χ0n) is 18.0. The van der Waals surface area contributed by atoms with Gasteiger partial charge in [0, 0.05) is 23.4 Å². The number of anilines is 1. The predicted molar refractivity (Wildman–Crippen MR) is 120 cm³/mol. The number of hydrogen-bond donors (Lipinski definition) is 3. The van der Waals surface area contributed by atoms with Crippen molar-refractivity contribution in [3.8, 4) is 0 Å². The Morgan fingerprint density at radius 1 is 1.15 bits per heavy atom. The van der Waals surface area contributed by atoms with Gasteiger partial charge in [-0.25, -0.2) is 0 Å². The summed E-state index contributed by atoms with van der Waals surface area (Å²) < 4.78 is 0. The van der Waals surface area contributed by atoms with Gasteiger partial charge in [0.2, 0.25) is 23.3 Å². The number of likely N-dealkylation sites (tertiary alicyclic amines) is 1. The molecule has 2 saturated heterocycles. The van der Waals surface area contributed by atoms with Crippen LogP contribution in [0.1, 0.15) is 29.5 Å². The molecule has 8 nitrogen and oxygen atoms in total. The van der Waals surface area contributed by atoms with Crippen LogP contribution in [-0.4, -0.2) is 34.6 Å². The van der Waals surface area contributed by atoms with Gasteiger partial charge in [-0.3, -0.25) is 24.1 Å². The maximum absolute atomic E-state index is 13.7. The third-order valence-corrected chi connectivity index (χ3v) is 7.65. The van der Waals surface area contributed by atoms with Gasteiger partial charge < -0.3 is 16.4 Å². The number of halogens is 1. The molecule has 0 bridgehead atoms. The SMILES string of the molecule is Cc1c(Cl)ccc2c1NC(=O)[C@@]21[NH2+][C@H](CCC(N)=O)[C@H]2C(=O)N(Cc3ccccc3)C(=O)[C@H]21. The summed E-state index contributed by atoms with van der Waals surface area (Å²) in [5.41, 5.74) is 6.84. The summed E-state index contributed by atoms with van der Waals surface area (Å²) in [6, 6.07) is 12.3. The van der Waals surface area contributed by atoms with Gasteiger partial charge in [0.1, 0.15) is 17.9 Å². The molecule has 3 aliphatic heterocycles. The Labute approximate surface area is 195 Å². The molecule has 5 rings (SSSR count). The zero-order valence-corrected chi connectivity index (χ0v) is 18.8. The number of nitrogens with two attached hydrogens (primary N) is 2. The van der Waals surface area contributed by atoms with Gasteiger partial charge in [-0.05, 0) is 30.2 Å². The molecule has 2 fully saturated rings. The minimum atomic E-state index is -1.30. The van der Waals surface area contributed by atoms with E-state index < -0.39 is 29.3 Å². The first kappa shape index (κ1) is 21.6. The standard InChI is InChI=1S/C24H23ClN4O4/c1-12-15(25)8-7-14-20(12)27-23(33)24(14)19-18(16(28-24)9-10-17(26)30)21(31)29(22(19)32)11-13-5-3-2-4-6-13/h2-8,16,18-19,28H,9-11H2,1H3,(H2,26,30)(H,27,33)/p+1/t16-,18-,19+,24-/m1/s1. The van der Waals surface area contributed by atoms with Gasteiger partial charge in [-0.2, -0.15) is 0 Å². The Bertz CT molecular complexity index is 1200. The van der Waals surface area contributed by atoms with E-state index in [0.717, 1.165) is 5.56 Å². The number of nitrogens with one attached hydrogen (secondary N) is 1. The number of fused-ring (bicyclic) bond motifs is 4. The van der Waals surface area contributed by atoms with Crippen LogP contribution >= 0.6 is 11.6 Å².